The Labute approximate surface area is 98.9 Å². The SMILES string of the molecule is C#CCN1NC(NC(C)C)C2CCCCC21. The summed E-state index contributed by atoms with van der Waals surface area (Å²) in [5.41, 5.74) is 3.54. The van der Waals surface area contributed by atoms with E-state index in [0.717, 1.165) is 12.5 Å². The Balaban J connectivity index is 2.03. The predicted octanol–water partition coefficient (Wildman–Crippen LogP) is 1.32. The van der Waals surface area contributed by atoms with Gasteiger partial charge >= 0.3 is 0 Å². The molecular weight excluding hydrogens is 198 g/mol. The molecule has 90 valence electrons. The highest BCUT2D eigenvalue weighted by Gasteiger charge is 2.42. The van der Waals surface area contributed by atoms with Crippen LogP contribution < -0.4 is 10.7 Å². The Morgan fingerprint density at radius 3 is 2.88 bits per heavy atom. The Morgan fingerprint density at radius 1 is 1.44 bits per heavy atom. The van der Waals surface area contributed by atoms with E-state index in [1.807, 2.05) is 0 Å². The molecule has 2 rings (SSSR count). The number of nitrogens with zero attached hydrogens (tertiary/aromatic N) is 1. The zero-order valence-corrected chi connectivity index (χ0v) is 10.4. The summed E-state index contributed by atoms with van der Waals surface area (Å²) in [7, 11) is 0. The summed E-state index contributed by atoms with van der Waals surface area (Å²) in [6.07, 6.45) is 11.2. The molecule has 1 saturated carbocycles. The number of nitrogens with one attached hydrogen (secondary N) is 2. The highest BCUT2D eigenvalue weighted by Crippen LogP contribution is 2.33. The van der Waals surface area contributed by atoms with Crippen LogP contribution in [0.5, 0.6) is 0 Å². The molecule has 0 aromatic heterocycles. The Morgan fingerprint density at radius 2 is 2.19 bits per heavy atom. The molecule has 2 fully saturated rings. The van der Waals surface area contributed by atoms with Gasteiger partial charge in [-0.1, -0.05) is 18.8 Å². The minimum absolute atomic E-state index is 0.415. The third-order valence-electron chi connectivity index (χ3n) is 3.69. The molecule has 3 nitrogen and oxygen atoms in total. The van der Waals surface area contributed by atoms with Gasteiger partial charge in [0.15, 0.2) is 0 Å². The van der Waals surface area contributed by atoms with Gasteiger partial charge in [0.1, 0.15) is 0 Å². The first-order valence-electron chi connectivity index (χ1n) is 6.44. The molecule has 0 aromatic rings. The maximum absolute atomic E-state index is 5.42. The summed E-state index contributed by atoms with van der Waals surface area (Å²) in [6.45, 7) is 5.12. The number of fused-ring (bicyclic) bond motifs is 1. The number of rotatable bonds is 3. The lowest BCUT2D eigenvalue weighted by Gasteiger charge is -2.30. The molecule has 1 heterocycles. The van der Waals surface area contributed by atoms with Gasteiger partial charge in [-0.3, -0.25) is 5.32 Å². The van der Waals surface area contributed by atoms with Crippen LogP contribution in [-0.4, -0.2) is 29.8 Å². The Hall–Kier alpha value is -0.560. The molecule has 2 aliphatic rings. The fraction of sp³-hybridized carbons (Fsp3) is 0.846. The largest absolute Gasteiger partial charge is 0.298 e. The van der Waals surface area contributed by atoms with Crippen molar-refractivity contribution in [2.45, 2.75) is 57.8 Å². The molecule has 0 radical (unpaired) electrons. The second kappa shape index (κ2) is 5.18. The van der Waals surface area contributed by atoms with Gasteiger partial charge in [-0.2, -0.15) is 0 Å². The topological polar surface area (TPSA) is 27.3 Å². The van der Waals surface area contributed by atoms with Gasteiger partial charge < -0.3 is 0 Å². The van der Waals surface area contributed by atoms with E-state index in [4.69, 9.17) is 6.42 Å². The first-order valence-corrected chi connectivity index (χ1v) is 6.44. The molecule has 0 aromatic carbocycles. The number of hydrogen-bond donors (Lipinski definition) is 2. The molecule has 3 heteroatoms. The molecule has 1 aliphatic carbocycles. The summed E-state index contributed by atoms with van der Waals surface area (Å²) in [5, 5.41) is 5.88. The third-order valence-corrected chi connectivity index (χ3v) is 3.69. The highest BCUT2D eigenvalue weighted by molar-refractivity contribution is 4.99. The van der Waals surface area contributed by atoms with Crippen LogP contribution in [0.4, 0.5) is 0 Å². The molecule has 2 N–H and O–H groups in total. The van der Waals surface area contributed by atoms with Gasteiger partial charge in [0.25, 0.3) is 0 Å². The van der Waals surface area contributed by atoms with Crippen molar-refractivity contribution >= 4 is 0 Å². The second-order valence-corrected chi connectivity index (χ2v) is 5.28. The van der Waals surface area contributed by atoms with E-state index in [1.54, 1.807) is 0 Å². The van der Waals surface area contributed by atoms with Gasteiger partial charge in [-0.15, -0.1) is 6.42 Å². The molecule has 16 heavy (non-hydrogen) atoms. The van der Waals surface area contributed by atoms with E-state index in [1.165, 1.54) is 25.7 Å². The summed E-state index contributed by atoms with van der Waals surface area (Å²) in [5.74, 6) is 3.48. The first kappa shape index (κ1) is 11.9. The minimum Gasteiger partial charge on any atom is -0.298 e. The number of terminal acetylenes is 1. The van der Waals surface area contributed by atoms with Crippen LogP contribution in [-0.2, 0) is 0 Å². The summed E-state index contributed by atoms with van der Waals surface area (Å²) in [6, 6.07) is 1.16. The van der Waals surface area contributed by atoms with Crippen LogP contribution in [0, 0.1) is 18.3 Å². The molecule has 1 aliphatic heterocycles. The van der Waals surface area contributed by atoms with E-state index in [-0.39, 0.29) is 0 Å². The maximum Gasteiger partial charge on any atom is 0.0752 e. The number of hydrogen-bond acceptors (Lipinski definition) is 3. The van der Waals surface area contributed by atoms with Gasteiger partial charge in [-0.05, 0) is 26.7 Å². The van der Waals surface area contributed by atoms with Crippen molar-refractivity contribution in [3.8, 4) is 12.3 Å². The zero-order chi connectivity index (χ0) is 11.5. The Kier molecular flexibility index (Phi) is 3.86. The van der Waals surface area contributed by atoms with Crippen LogP contribution in [0.15, 0.2) is 0 Å². The molecule has 3 unspecified atom stereocenters. The van der Waals surface area contributed by atoms with Crippen molar-refractivity contribution in [2.24, 2.45) is 5.92 Å². The second-order valence-electron chi connectivity index (χ2n) is 5.28. The van der Waals surface area contributed by atoms with E-state index in [9.17, 15) is 0 Å². The van der Waals surface area contributed by atoms with Gasteiger partial charge in [0, 0.05) is 18.0 Å². The molecule has 0 bridgehead atoms. The first-order chi connectivity index (χ1) is 7.72. The highest BCUT2D eigenvalue weighted by atomic mass is 15.6. The summed E-state index contributed by atoms with van der Waals surface area (Å²) < 4.78 is 0. The van der Waals surface area contributed by atoms with Crippen LogP contribution in [0.3, 0.4) is 0 Å². The van der Waals surface area contributed by atoms with Crippen LogP contribution in [0.1, 0.15) is 39.5 Å². The van der Waals surface area contributed by atoms with Gasteiger partial charge in [-0.25, -0.2) is 10.4 Å². The van der Waals surface area contributed by atoms with E-state index in [0.29, 0.717) is 18.2 Å². The van der Waals surface area contributed by atoms with Crippen molar-refractivity contribution in [2.75, 3.05) is 6.54 Å². The molecule has 0 spiro atoms. The van der Waals surface area contributed by atoms with Crippen molar-refractivity contribution in [1.82, 2.24) is 15.8 Å². The standard InChI is InChI=1S/C13H23N3/c1-4-9-16-12-8-6-5-7-11(12)13(15-16)14-10(2)3/h1,10-15H,5-9H2,2-3H3. The quantitative estimate of drug-likeness (QED) is 0.704. The van der Waals surface area contributed by atoms with E-state index < -0.39 is 0 Å². The molecular formula is C13H23N3. The van der Waals surface area contributed by atoms with Crippen molar-refractivity contribution in [1.29, 1.82) is 0 Å². The average molecular weight is 221 g/mol. The Bertz CT molecular complexity index is 269. The van der Waals surface area contributed by atoms with Gasteiger partial charge in [0.05, 0.1) is 12.7 Å². The fourth-order valence-electron chi connectivity index (χ4n) is 3.07. The van der Waals surface area contributed by atoms with Crippen molar-refractivity contribution in [3.63, 3.8) is 0 Å². The average Bonchev–Trinajstić information content (AvgIpc) is 2.58. The maximum atomic E-state index is 5.42. The normalized spacial score (nSPS) is 35.0. The van der Waals surface area contributed by atoms with Crippen molar-refractivity contribution < 1.29 is 0 Å². The van der Waals surface area contributed by atoms with Crippen molar-refractivity contribution in [3.05, 3.63) is 0 Å². The number of hydrazine groups is 1. The van der Waals surface area contributed by atoms with E-state index >= 15 is 0 Å². The van der Waals surface area contributed by atoms with Crippen LogP contribution in [0.2, 0.25) is 0 Å². The van der Waals surface area contributed by atoms with Gasteiger partial charge in [0.2, 0.25) is 0 Å². The summed E-state index contributed by atoms with van der Waals surface area (Å²) >= 11 is 0. The smallest absolute Gasteiger partial charge is 0.0752 e. The zero-order valence-electron chi connectivity index (χ0n) is 10.4. The molecule has 1 saturated heterocycles. The lowest BCUT2D eigenvalue weighted by molar-refractivity contribution is 0.164. The lowest BCUT2D eigenvalue weighted by atomic mass is 9.83. The summed E-state index contributed by atoms with van der Waals surface area (Å²) in [4.78, 5) is 0. The third kappa shape index (κ3) is 2.40. The monoisotopic (exact) mass is 221 g/mol. The minimum atomic E-state index is 0.415. The lowest BCUT2D eigenvalue weighted by Crippen LogP contribution is -2.48. The van der Waals surface area contributed by atoms with Crippen LogP contribution >= 0.6 is 0 Å². The van der Waals surface area contributed by atoms with Crippen LogP contribution in [0.25, 0.3) is 0 Å². The molecule has 0 amide bonds. The molecule has 3 atom stereocenters. The predicted molar refractivity (Wildman–Crippen MR) is 66.5 cm³/mol. The fourth-order valence-corrected chi connectivity index (χ4v) is 3.07. The van der Waals surface area contributed by atoms with E-state index in [2.05, 4.69) is 35.5 Å².